The van der Waals surface area contributed by atoms with E-state index in [0.717, 1.165) is 5.56 Å². The fourth-order valence-corrected chi connectivity index (χ4v) is 3.66. The van der Waals surface area contributed by atoms with Crippen molar-refractivity contribution >= 4 is 35.0 Å². The summed E-state index contributed by atoms with van der Waals surface area (Å²) in [5, 5.41) is 5.74. The van der Waals surface area contributed by atoms with Crippen LogP contribution in [-0.2, 0) is 22.4 Å². The lowest BCUT2D eigenvalue weighted by molar-refractivity contribution is -0.145. The number of benzene rings is 2. The highest BCUT2D eigenvalue weighted by Gasteiger charge is 2.35. The zero-order valence-electron chi connectivity index (χ0n) is 18.8. The van der Waals surface area contributed by atoms with Gasteiger partial charge in [0.25, 0.3) is 0 Å². The first-order valence-corrected chi connectivity index (χ1v) is 11.5. The maximum atomic E-state index is 13.0. The molecule has 5 nitrogen and oxygen atoms in total. The van der Waals surface area contributed by atoms with Crippen LogP contribution in [0.5, 0.6) is 0 Å². The average Bonchev–Trinajstić information content (AvgIpc) is 2.75. The van der Waals surface area contributed by atoms with Gasteiger partial charge in [-0.05, 0) is 35.6 Å². The molecular formula is C24H28Cl2F3N3O2. The first kappa shape index (κ1) is 28.0. The number of hydrogen-bond donors (Lipinski definition) is 3. The van der Waals surface area contributed by atoms with Crippen molar-refractivity contribution < 1.29 is 22.8 Å². The van der Waals surface area contributed by atoms with Gasteiger partial charge in [-0.3, -0.25) is 9.59 Å². The molecule has 2 amide bonds. The molecule has 4 N–H and O–H groups in total. The molecule has 0 spiro atoms. The molecule has 0 aliphatic rings. The van der Waals surface area contributed by atoms with Gasteiger partial charge in [-0.15, -0.1) is 0 Å². The van der Waals surface area contributed by atoms with Crippen LogP contribution in [-0.4, -0.2) is 36.1 Å². The van der Waals surface area contributed by atoms with E-state index in [-0.39, 0.29) is 12.8 Å². The Hall–Kier alpha value is -2.29. The molecule has 0 aromatic heterocycles. The van der Waals surface area contributed by atoms with Crippen LogP contribution < -0.4 is 16.4 Å². The monoisotopic (exact) mass is 517 g/mol. The minimum Gasteiger partial charge on any atom is -0.351 e. The number of amides is 2. The van der Waals surface area contributed by atoms with Crippen molar-refractivity contribution in [1.29, 1.82) is 0 Å². The standard InChI is InChI=1S/C24H28Cl2F3N3O2/c1-14(2)21(13-24(27,28)29)32-23(34)20(12-15-6-4-3-5-7-15)31-22(33)19(30)11-16-8-9-17(25)18(26)10-16/h3-10,14,19-21H,11-13,30H2,1-2H3,(H,31,33)(H,32,34)/t19?,20?,21-/m1/s1. The molecule has 2 rings (SSSR count). The Morgan fingerprint density at radius 2 is 1.56 bits per heavy atom. The predicted molar refractivity (Wildman–Crippen MR) is 128 cm³/mol. The lowest BCUT2D eigenvalue weighted by atomic mass is 9.98. The van der Waals surface area contributed by atoms with Crippen molar-refractivity contribution in [3.63, 3.8) is 0 Å². The third-order valence-electron chi connectivity index (χ3n) is 5.28. The highest BCUT2D eigenvalue weighted by molar-refractivity contribution is 6.42. The van der Waals surface area contributed by atoms with Gasteiger partial charge in [0.15, 0.2) is 0 Å². The number of rotatable bonds is 10. The number of carbonyl (C=O) groups is 2. The molecule has 0 aliphatic carbocycles. The Morgan fingerprint density at radius 3 is 2.12 bits per heavy atom. The van der Waals surface area contributed by atoms with Gasteiger partial charge in [0.1, 0.15) is 6.04 Å². The van der Waals surface area contributed by atoms with Crippen LogP contribution in [0, 0.1) is 5.92 Å². The molecule has 2 aromatic rings. The Labute approximate surface area is 207 Å². The molecule has 2 unspecified atom stereocenters. The second-order valence-electron chi connectivity index (χ2n) is 8.49. The summed E-state index contributed by atoms with van der Waals surface area (Å²) in [7, 11) is 0. The second kappa shape index (κ2) is 12.4. The number of alkyl halides is 3. The van der Waals surface area contributed by atoms with Gasteiger partial charge in [0, 0.05) is 12.5 Å². The fraction of sp³-hybridized carbons (Fsp3) is 0.417. The van der Waals surface area contributed by atoms with Gasteiger partial charge in [-0.25, -0.2) is 0 Å². The Morgan fingerprint density at radius 1 is 0.912 bits per heavy atom. The van der Waals surface area contributed by atoms with Crippen LogP contribution in [0.1, 0.15) is 31.4 Å². The molecule has 0 saturated carbocycles. The third kappa shape index (κ3) is 9.16. The molecular weight excluding hydrogens is 490 g/mol. The van der Waals surface area contributed by atoms with E-state index >= 15 is 0 Å². The average molecular weight is 518 g/mol. The Kier molecular flexibility index (Phi) is 10.2. The van der Waals surface area contributed by atoms with Crippen LogP contribution in [0.4, 0.5) is 13.2 Å². The second-order valence-corrected chi connectivity index (χ2v) is 9.30. The molecule has 0 radical (unpaired) electrons. The molecule has 10 heteroatoms. The van der Waals surface area contributed by atoms with Crippen LogP contribution in [0.2, 0.25) is 10.0 Å². The van der Waals surface area contributed by atoms with E-state index in [2.05, 4.69) is 10.6 Å². The number of carbonyl (C=O) groups excluding carboxylic acids is 2. The molecule has 186 valence electrons. The molecule has 0 heterocycles. The summed E-state index contributed by atoms with van der Waals surface area (Å²) in [6.45, 7) is 3.18. The summed E-state index contributed by atoms with van der Waals surface area (Å²) < 4.78 is 39.0. The smallest absolute Gasteiger partial charge is 0.351 e. The molecule has 0 saturated heterocycles. The van der Waals surface area contributed by atoms with E-state index in [1.165, 1.54) is 0 Å². The minimum absolute atomic E-state index is 0.0920. The number of halogens is 5. The highest BCUT2D eigenvalue weighted by atomic mass is 35.5. The van der Waals surface area contributed by atoms with Crippen molar-refractivity contribution in [2.45, 2.75) is 57.4 Å². The molecule has 0 aliphatic heterocycles. The SMILES string of the molecule is CC(C)[C@@H](CC(F)(F)F)NC(=O)C(Cc1ccccc1)NC(=O)C(N)Cc1ccc(Cl)c(Cl)c1. The normalized spacial score (nSPS) is 14.4. The Bertz CT molecular complexity index is 972. The summed E-state index contributed by atoms with van der Waals surface area (Å²) >= 11 is 11.9. The van der Waals surface area contributed by atoms with E-state index < -0.39 is 48.5 Å². The van der Waals surface area contributed by atoms with Crippen LogP contribution in [0.15, 0.2) is 48.5 Å². The predicted octanol–water partition coefficient (Wildman–Crippen LogP) is 4.68. The van der Waals surface area contributed by atoms with E-state index in [1.807, 2.05) is 0 Å². The van der Waals surface area contributed by atoms with Crippen molar-refractivity contribution in [3.05, 3.63) is 69.7 Å². The minimum atomic E-state index is -4.44. The van der Waals surface area contributed by atoms with E-state index in [9.17, 15) is 22.8 Å². The van der Waals surface area contributed by atoms with Gasteiger partial charge >= 0.3 is 6.18 Å². The number of nitrogens with two attached hydrogens (primary N) is 1. The first-order valence-electron chi connectivity index (χ1n) is 10.8. The van der Waals surface area contributed by atoms with Crippen LogP contribution in [0.3, 0.4) is 0 Å². The van der Waals surface area contributed by atoms with Gasteiger partial charge in [-0.2, -0.15) is 13.2 Å². The van der Waals surface area contributed by atoms with Crippen molar-refractivity contribution in [2.24, 2.45) is 11.7 Å². The maximum absolute atomic E-state index is 13.0. The van der Waals surface area contributed by atoms with E-state index in [0.29, 0.717) is 15.6 Å². The summed E-state index contributed by atoms with van der Waals surface area (Å²) in [4.78, 5) is 25.8. The molecule has 34 heavy (non-hydrogen) atoms. The first-order chi connectivity index (χ1) is 15.9. The largest absolute Gasteiger partial charge is 0.391 e. The summed E-state index contributed by atoms with van der Waals surface area (Å²) in [5.41, 5.74) is 7.45. The fourth-order valence-electron chi connectivity index (χ4n) is 3.34. The summed E-state index contributed by atoms with van der Waals surface area (Å²) in [5.74, 6) is -1.78. The zero-order chi connectivity index (χ0) is 25.5. The molecule has 0 fully saturated rings. The lowest BCUT2D eigenvalue weighted by Gasteiger charge is -2.27. The van der Waals surface area contributed by atoms with Crippen molar-refractivity contribution in [1.82, 2.24) is 10.6 Å². The van der Waals surface area contributed by atoms with Gasteiger partial charge < -0.3 is 16.4 Å². The lowest BCUT2D eigenvalue weighted by Crippen LogP contribution is -2.55. The maximum Gasteiger partial charge on any atom is 0.391 e. The molecule has 0 bridgehead atoms. The van der Waals surface area contributed by atoms with Crippen LogP contribution >= 0.6 is 23.2 Å². The van der Waals surface area contributed by atoms with Crippen molar-refractivity contribution in [3.8, 4) is 0 Å². The highest BCUT2D eigenvalue weighted by Crippen LogP contribution is 2.25. The summed E-state index contributed by atoms with van der Waals surface area (Å²) in [6, 6.07) is 10.5. The topological polar surface area (TPSA) is 84.2 Å². The molecule has 3 atom stereocenters. The van der Waals surface area contributed by atoms with E-state index in [4.69, 9.17) is 28.9 Å². The van der Waals surface area contributed by atoms with Gasteiger partial charge in [-0.1, -0.05) is 73.4 Å². The third-order valence-corrected chi connectivity index (χ3v) is 6.01. The Balaban J connectivity index is 2.16. The van der Waals surface area contributed by atoms with Crippen molar-refractivity contribution in [2.75, 3.05) is 0 Å². The van der Waals surface area contributed by atoms with Crippen LogP contribution in [0.25, 0.3) is 0 Å². The van der Waals surface area contributed by atoms with E-state index in [1.54, 1.807) is 62.4 Å². The number of hydrogen-bond acceptors (Lipinski definition) is 3. The van der Waals surface area contributed by atoms with Gasteiger partial charge in [0.2, 0.25) is 11.8 Å². The molecule has 2 aromatic carbocycles. The van der Waals surface area contributed by atoms with Gasteiger partial charge in [0.05, 0.1) is 22.5 Å². The quantitative estimate of drug-likeness (QED) is 0.427. The number of nitrogens with one attached hydrogen (secondary N) is 2. The summed E-state index contributed by atoms with van der Waals surface area (Å²) in [6.07, 6.45) is -5.39. The zero-order valence-corrected chi connectivity index (χ0v) is 20.3.